The zero-order valence-corrected chi connectivity index (χ0v) is 20.9. The molecule has 1 saturated heterocycles. The van der Waals surface area contributed by atoms with E-state index in [0.717, 1.165) is 5.56 Å². The molecule has 0 atom stereocenters. The van der Waals surface area contributed by atoms with Gasteiger partial charge >= 0.3 is 5.97 Å². The van der Waals surface area contributed by atoms with Gasteiger partial charge in [-0.2, -0.15) is 0 Å². The Balaban J connectivity index is 1.57. The lowest BCUT2D eigenvalue weighted by molar-refractivity contribution is -0.115. The zero-order valence-electron chi connectivity index (χ0n) is 17.2. The average Bonchev–Trinajstić information content (AvgIpc) is 3.15. The van der Waals surface area contributed by atoms with Crippen molar-refractivity contribution >= 4 is 74.8 Å². The minimum atomic E-state index is -0.480. The first-order chi connectivity index (χ1) is 15.9. The summed E-state index contributed by atoms with van der Waals surface area (Å²) < 4.78 is 11.7. The third kappa shape index (κ3) is 5.76. The quantitative estimate of drug-likeness (QED) is 0.169. The van der Waals surface area contributed by atoms with Gasteiger partial charge in [-0.1, -0.05) is 29.8 Å². The molecule has 1 fully saturated rings. The maximum atomic E-state index is 12.5. The Morgan fingerprint density at radius 2 is 1.85 bits per heavy atom. The Kier molecular flexibility index (Phi) is 7.36. The first kappa shape index (κ1) is 23.3. The maximum Gasteiger partial charge on any atom is 0.343 e. The van der Waals surface area contributed by atoms with Crippen LogP contribution in [0.2, 0.25) is 5.02 Å². The van der Waals surface area contributed by atoms with E-state index in [9.17, 15) is 9.59 Å². The number of hydrogen-bond donors (Lipinski definition) is 1. The van der Waals surface area contributed by atoms with E-state index >= 15 is 0 Å². The molecule has 0 spiro atoms. The molecule has 0 unspecified atom stereocenters. The number of carbonyl (C=O) groups excluding carboxylic acids is 2. The van der Waals surface area contributed by atoms with E-state index in [1.807, 2.05) is 12.1 Å². The molecule has 6 nitrogen and oxygen atoms in total. The number of esters is 1. The first-order valence-electron chi connectivity index (χ1n) is 9.63. The van der Waals surface area contributed by atoms with Crippen LogP contribution in [0.25, 0.3) is 6.08 Å². The molecule has 4 rings (SSSR count). The van der Waals surface area contributed by atoms with Gasteiger partial charge in [-0.25, -0.2) is 9.79 Å². The van der Waals surface area contributed by atoms with Crippen molar-refractivity contribution in [1.82, 2.24) is 5.32 Å². The van der Waals surface area contributed by atoms with Crippen LogP contribution in [0.1, 0.15) is 15.9 Å². The number of ether oxygens (including phenoxy) is 2. The summed E-state index contributed by atoms with van der Waals surface area (Å²) in [4.78, 5) is 29.8. The SMILES string of the molecule is COc1cc(/C=C2\SC(=Nc3ccc(Cl)cc3)NC2=O)cc(I)c1OC(=O)c1ccccc1. The largest absolute Gasteiger partial charge is 0.493 e. The van der Waals surface area contributed by atoms with Crippen LogP contribution < -0.4 is 14.8 Å². The molecule has 3 aromatic carbocycles. The normalized spacial score (nSPS) is 15.5. The summed E-state index contributed by atoms with van der Waals surface area (Å²) in [5, 5.41) is 3.85. The number of amides is 1. The summed E-state index contributed by atoms with van der Waals surface area (Å²) >= 11 is 9.21. The number of methoxy groups -OCH3 is 1. The van der Waals surface area contributed by atoms with Crippen LogP contribution >= 0.6 is 46.0 Å². The molecule has 0 aliphatic carbocycles. The molecule has 1 aliphatic heterocycles. The minimum Gasteiger partial charge on any atom is -0.493 e. The molecule has 3 aromatic rings. The van der Waals surface area contributed by atoms with Gasteiger partial charge in [-0.15, -0.1) is 0 Å². The monoisotopic (exact) mass is 590 g/mol. The van der Waals surface area contributed by atoms with Gasteiger partial charge in [0, 0.05) is 5.02 Å². The summed E-state index contributed by atoms with van der Waals surface area (Å²) in [5.74, 6) is -0.0212. The van der Waals surface area contributed by atoms with E-state index in [1.165, 1.54) is 18.9 Å². The Morgan fingerprint density at radius 3 is 2.55 bits per heavy atom. The Labute approximate surface area is 213 Å². The highest BCUT2D eigenvalue weighted by Gasteiger charge is 2.24. The molecular weight excluding hydrogens is 575 g/mol. The fourth-order valence-corrected chi connectivity index (χ4v) is 4.62. The number of nitrogens with one attached hydrogen (secondary N) is 1. The maximum absolute atomic E-state index is 12.5. The van der Waals surface area contributed by atoms with Crippen molar-refractivity contribution < 1.29 is 19.1 Å². The number of thioether (sulfide) groups is 1. The van der Waals surface area contributed by atoms with E-state index in [2.05, 4.69) is 32.9 Å². The van der Waals surface area contributed by atoms with Crippen molar-refractivity contribution in [3.63, 3.8) is 0 Å². The minimum absolute atomic E-state index is 0.249. The van der Waals surface area contributed by atoms with Gasteiger partial charge < -0.3 is 14.8 Å². The lowest BCUT2D eigenvalue weighted by Gasteiger charge is -2.12. The van der Waals surface area contributed by atoms with Gasteiger partial charge in [0.05, 0.1) is 26.8 Å². The molecule has 1 N–H and O–H groups in total. The highest BCUT2D eigenvalue weighted by atomic mass is 127. The van der Waals surface area contributed by atoms with Crippen LogP contribution in [0.3, 0.4) is 0 Å². The molecule has 0 saturated carbocycles. The van der Waals surface area contributed by atoms with E-state index in [1.54, 1.807) is 60.7 Å². The molecule has 1 amide bonds. The summed E-state index contributed by atoms with van der Waals surface area (Å²) in [6, 6.07) is 19.3. The molecule has 9 heteroatoms. The van der Waals surface area contributed by atoms with Crippen molar-refractivity contribution in [1.29, 1.82) is 0 Å². The average molecular weight is 591 g/mol. The molecule has 1 aliphatic rings. The molecule has 0 aromatic heterocycles. The van der Waals surface area contributed by atoms with Crippen molar-refractivity contribution in [2.24, 2.45) is 4.99 Å². The number of nitrogens with zero attached hydrogens (tertiary/aromatic N) is 1. The second-order valence-corrected chi connectivity index (χ2v) is 9.38. The van der Waals surface area contributed by atoms with Gasteiger partial charge in [-0.3, -0.25) is 4.79 Å². The number of hydrogen-bond acceptors (Lipinski definition) is 6. The standard InChI is InChI=1S/C24H16ClIN2O4S/c1-31-19-12-14(11-18(26)21(19)32-23(30)15-5-3-2-4-6-15)13-20-22(29)28-24(33-20)27-17-9-7-16(25)8-10-17/h2-13H,1H3,(H,27,28,29)/b20-13-. The van der Waals surface area contributed by atoms with Gasteiger partial charge in [-0.05, 0) is 94.5 Å². The number of carbonyl (C=O) groups is 2. The lowest BCUT2D eigenvalue weighted by Crippen LogP contribution is -2.19. The lowest BCUT2D eigenvalue weighted by atomic mass is 10.1. The fraction of sp³-hybridized carbons (Fsp3) is 0.0417. The molecule has 0 radical (unpaired) electrons. The van der Waals surface area contributed by atoms with Crippen LogP contribution in [0, 0.1) is 3.57 Å². The summed E-state index contributed by atoms with van der Waals surface area (Å²) in [6.07, 6.45) is 1.73. The van der Waals surface area contributed by atoms with Crippen LogP contribution in [0.4, 0.5) is 5.69 Å². The summed E-state index contributed by atoms with van der Waals surface area (Å²) in [7, 11) is 1.50. The van der Waals surface area contributed by atoms with Crippen LogP contribution in [0.15, 0.2) is 76.6 Å². The second kappa shape index (κ2) is 10.4. The molecular formula is C24H16ClIN2O4S. The second-order valence-electron chi connectivity index (χ2n) is 6.75. The molecule has 33 heavy (non-hydrogen) atoms. The predicted octanol–water partition coefficient (Wildman–Crippen LogP) is 6.06. The molecule has 1 heterocycles. The molecule has 0 bridgehead atoms. The number of aliphatic imine (C=N–C) groups is 1. The van der Waals surface area contributed by atoms with Crippen molar-refractivity contribution in [2.75, 3.05) is 7.11 Å². The zero-order chi connectivity index (χ0) is 23.4. The Morgan fingerprint density at radius 1 is 1.12 bits per heavy atom. The van der Waals surface area contributed by atoms with Crippen molar-refractivity contribution in [3.8, 4) is 11.5 Å². The van der Waals surface area contributed by atoms with Gasteiger partial charge in [0.1, 0.15) is 0 Å². The highest BCUT2D eigenvalue weighted by molar-refractivity contribution is 14.1. The Bertz CT molecular complexity index is 1280. The molecule has 166 valence electrons. The Hall–Kier alpha value is -2.82. The number of benzene rings is 3. The van der Waals surface area contributed by atoms with Crippen molar-refractivity contribution in [2.45, 2.75) is 0 Å². The van der Waals surface area contributed by atoms with Crippen LogP contribution in [-0.2, 0) is 4.79 Å². The van der Waals surface area contributed by atoms with Gasteiger partial charge in [0.25, 0.3) is 5.91 Å². The predicted molar refractivity (Wildman–Crippen MR) is 139 cm³/mol. The van der Waals surface area contributed by atoms with E-state index in [4.69, 9.17) is 21.1 Å². The third-order valence-electron chi connectivity index (χ3n) is 4.46. The highest BCUT2D eigenvalue weighted by Crippen LogP contribution is 2.36. The van der Waals surface area contributed by atoms with Gasteiger partial charge in [0.15, 0.2) is 16.7 Å². The van der Waals surface area contributed by atoms with Crippen LogP contribution in [-0.4, -0.2) is 24.2 Å². The third-order valence-corrected chi connectivity index (χ3v) is 6.43. The van der Waals surface area contributed by atoms with E-state index in [-0.39, 0.29) is 5.91 Å². The topological polar surface area (TPSA) is 77.0 Å². The smallest absolute Gasteiger partial charge is 0.343 e. The number of amidine groups is 1. The van der Waals surface area contributed by atoms with Crippen molar-refractivity contribution in [3.05, 3.63) is 91.4 Å². The van der Waals surface area contributed by atoms with E-state index in [0.29, 0.717) is 41.4 Å². The van der Waals surface area contributed by atoms with Gasteiger partial charge in [0.2, 0.25) is 0 Å². The summed E-state index contributed by atoms with van der Waals surface area (Å²) in [6.45, 7) is 0. The summed E-state index contributed by atoms with van der Waals surface area (Å²) in [5.41, 5.74) is 1.85. The van der Waals surface area contributed by atoms with E-state index < -0.39 is 5.97 Å². The number of halogens is 2. The number of rotatable bonds is 5. The first-order valence-corrected chi connectivity index (χ1v) is 11.9. The fourth-order valence-electron chi connectivity index (χ4n) is 2.91. The van der Waals surface area contributed by atoms with Crippen LogP contribution in [0.5, 0.6) is 11.5 Å².